The maximum absolute atomic E-state index is 11.6. The molecule has 2 bridgehead atoms. The number of aliphatic imine (C=N–C) groups is 1. The number of esters is 1. The Kier molecular flexibility index (Phi) is 5.90. The molecule has 0 N–H and O–H groups in total. The summed E-state index contributed by atoms with van der Waals surface area (Å²) in [7, 11) is 0. The van der Waals surface area contributed by atoms with Crippen LogP contribution in [0, 0.1) is 28.6 Å². The van der Waals surface area contributed by atoms with Crippen LogP contribution < -0.4 is 0 Å². The summed E-state index contributed by atoms with van der Waals surface area (Å²) in [6.07, 6.45) is 9.88. The number of rotatable bonds is 8. The maximum atomic E-state index is 11.6. The number of hydrogen-bond donors (Lipinski definition) is 0. The number of nitrogens with zero attached hydrogens (tertiary/aromatic N) is 1. The summed E-state index contributed by atoms with van der Waals surface area (Å²) in [5.74, 6) is 1.13. The first-order valence-corrected chi connectivity index (χ1v) is 10.7. The van der Waals surface area contributed by atoms with E-state index in [1.165, 1.54) is 38.5 Å². The molecule has 0 aromatic rings. The minimum atomic E-state index is -0.256. The van der Waals surface area contributed by atoms with Gasteiger partial charge in [-0.25, -0.2) is 0 Å². The average Bonchev–Trinajstić information content (AvgIpc) is 3.13. The third-order valence-corrected chi connectivity index (χ3v) is 8.01. The summed E-state index contributed by atoms with van der Waals surface area (Å²) in [5, 5.41) is 0. The van der Waals surface area contributed by atoms with Gasteiger partial charge in [-0.05, 0) is 68.1 Å². The fraction of sp³-hybridized carbons (Fsp3) is 0.909. The SMILES string of the molecule is CCC(C)C(=O)OCCN=COOC1(C)CCC23CCCC2C(C)(C)C1C3. The Bertz CT molecular complexity index is 575. The molecular weight excluding hydrogens is 342 g/mol. The molecular formula is C22H37NO4. The second kappa shape index (κ2) is 7.73. The zero-order valence-corrected chi connectivity index (χ0v) is 17.8. The number of hydrogen-bond acceptors (Lipinski definition) is 5. The third kappa shape index (κ3) is 3.76. The second-order valence-electron chi connectivity index (χ2n) is 9.87. The molecule has 3 rings (SSSR count). The lowest BCUT2D eigenvalue weighted by Crippen LogP contribution is -2.45. The van der Waals surface area contributed by atoms with Gasteiger partial charge in [0, 0.05) is 0 Å². The quantitative estimate of drug-likeness (QED) is 0.150. The van der Waals surface area contributed by atoms with Crippen LogP contribution in [-0.4, -0.2) is 31.1 Å². The first-order valence-electron chi connectivity index (χ1n) is 10.7. The van der Waals surface area contributed by atoms with Gasteiger partial charge in [-0.3, -0.25) is 9.79 Å². The monoisotopic (exact) mass is 379 g/mol. The lowest BCUT2D eigenvalue weighted by atomic mass is 9.66. The van der Waals surface area contributed by atoms with Crippen LogP contribution in [0.3, 0.4) is 0 Å². The topological polar surface area (TPSA) is 57.1 Å². The molecule has 5 atom stereocenters. The van der Waals surface area contributed by atoms with Crippen LogP contribution in [0.5, 0.6) is 0 Å². The molecule has 5 nitrogen and oxygen atoms in total. The van der Waals surface area contributed by atoms with Crippen molar-refractivity contribution < 1.29 is 19.3 Å². The zero-order chi connectivity index (χ0) is 19.7. The Hall–Kier alpha value is -1.10. The Labute approximate surface area is 164 Å². The highest BCUT2D eigenvalue weighted by atomic mass is 17.2. The van der Waals surface area contributed by atoms with Gasteiger partial charge < -0.3 is 9.62 Å². The number of carbonyl (C=O) groups excluding carboxylic acids is 1. The van der Waals surface area contributed by atoms with E-state index >= 15 is 0 Å². The smallest absolute Gasteiger partial charge is 0.308 e. The van der Waals surface area contributed by atoms with E-state index in [-0.39, 0.29) is 24.1 Å². The molecule has 0 amide bonds. The van der Waals surface area contributed by atoms with Crippen molar-refractivity contribution in [2.24, 2.45) is 33.6 Å². The molecule has 154 valence electrons. The third-order valence-electron chi connectivity index (χ3n) is 8.01. The van der Waals surface area contributed by atoms with Crippen molar-refractivity contribution in [1.82, 2.24) is 0 Å². The van der Waals surface area contributed by atoms with E-state index in [4.69, 9.17) is 14.5 Å². The second-order valence-corrected chi connectivity index (χ2v) is 9.87. The van der Waals surface area contributed by atoms with Crippen LogP contribution in [0.4, 0.5) is 0 Å². The Morgan fingerprint density at radius 2 is 2.00 bits per heavy atom. The van der Waals surface area contributed by atoms with Gasteiger partial charge in [0.25, 0.3) is 0 Å². The molecule has 0 aromatic heterocycles. The van der Waals surface area contributed by atoms with Gasteiger partial charge in [0.2, 0.25) is 6.40 Å². The van der Waals surface area contributed by atoms with E-state index < -0.39 is 0 Å². The fourth-order valence-electron chi connectivity index (χ4n) is 6.35. The molecule has 3 aliphatic carbocycles. The Morgan fingerprint density at radius 1 is 1.22 bits per heavy atom. The minimum absolute atomic E-state index is 0.0580. The van der Waals surface area contributed by atoms with Gasteiger partial charge in [-0.15, -0.1) is 0 Å². The predicted octanol–water partition coefficient (Wildman–Crippen LogP) is 4.94. The van der Waals surface area contributed by atoms with Gasteiger partial charge in [0.15, 0.2) is 0 Å². The van der Waals surface area contributed by atoms with E-state index in [1.54, 1.807) is 0 Å². The highest BCUT2D eigenvalue weighted by molar-refractivity contribution is 5.71. The van der Waals surface area contributed by atoms with E-state index in [9.17, 15) is 4.79 Å². The first-order chi connectivity index (χ1) is 12.8. The van der Waals surface area contributed by atoms with Crippen molar-refractivity contribution in [3.63, 3.8) is 0 Å². The highest BCUT2D eigenvalue weighted by Crippen LogP contribution is 2.72. The van der Waals surface area contributed by atoms with Gasteiger partial charge in [0.05, 0.1) is 12.5 Å². The number of carbonyl (C=O) groups is 1. The largest absolute Gasteiger partial charge is 0.464 e. The highest BCUT2D eigenvalue weighted by Gasteiger charge is 2.66. The van der Waals surface area contributed by atoms with Crippen molar-refractivity contribution in [1.29, 1.82) is 0 Å². The molecule has 3 saturated carbocycles. The molecule has 1 spiro atoms. The standard InChI is InChI=1S/C22H37NO4/c1-6-16(2)19(24)25-13-12-23-15-26-27-21(5)10-11-22-9-7-8-17(22)20(3,4)18(21)14-22/h15-18H,6-14H2,1-5H3. The molecule has 0 heterocycles. The number of fused-ring (bicyclic) bond motifs is 1. The molecule has 0 aliphatic heterocycles. The first kappa shape index (κ1) is 20.6. The van der Waals surface area contributed by atoms with E-state index in [1.807, 2.05) is 13.8 Å². The van der Waals surface area contributed by atoms with Crippen molar-refractivity contribution in [2.45, 2.75) is 85.2 Å². The summed E-state index contributed by atoms with van der Waals surface area (Å²) in [4.78, 5) is 27.1. The molecule has 0 radical (unpaired) electrons. The van der Waals surface area contributed by atoms with Crippen LogP contribution in [0.15, 0.2) is 4.99 Å². The summed E-state index contributed by atoms with van der Waals surface area (Å²) in [6.45, 7) is 11.6. The lowest BCUT2D eigenvalue weighted by Gasteiger charge is -2.44. The molecule has 3 fully saturated rings. The van der Waals surface area contributed by atoms with E-state index in [0.29, 0.717) is 23.3 Å². The van der Waals surface area contributed by atoms with Gasteiger partial charge in [0.1, 0.15) is 12.2 Å². The summed E-state index contributed by atoms with van der Waals surface area (Å²) < 4.78 is 5.17. The van der Waals surface area contributed by atoms with Gasteiger partial charge in [-0.1, -0.05) is 34.1 Å². The molecule has 0 aromatic carbocycles. The number of ether oxygens (including phenoxy) is 1. The van der Waals surface area contributed by atoms with Crippen molar-refractivity contribution in [3.8, 4) is 0 Å². The molecule has 0 saturated heterocycles. The van der Waals surface area contributed by atoms with Crippen molar-refractivity contribution >= 4 is 12.4 Å². The van der Waals surface area contributed by atoms with Crippen LogP contribution in [0.1, 0.15) is 79.6 Å². The van der Waals surface area contributed by atoms with E-state index in [2.05, 4.69) is 25.8 Å². The summed E-state index contributed by atoms with van der Waals surface area (Å²) >= 11 is 0. The van der Waals surface area contributed by atoms with Crippen LogP contribution in [-0.2, 0) is 19.3 Å². The Balaban J connectivity index is 1.45. The Morgan fingerprint density at radius 3 is 2.74 bits per heavy atom. The van der Waals surface area contributed by atoms with E-state index in [0.717, 1.165) is 18.8 Å². The average molecular weight is 380 g/mol. The van der Waals surface area contributed by atoms with Gasteiger partial charge >= 0.3 is 5.97 Å². The lowest BCUT2D eigenvalue weighted by molar-refractivity contribution is -0.324. The van der Waals surface area contributed by atoms with Crippen molar-refractivity contribution in [2.75, 3.05) is 13.2 Å². The van der Waals surface area contributed by atoms with Crippen LogP contribution >= 0.6 is 0 Å². The van der Waals surface area contributed by atoms with Crippen LogP contribution in [0.2, 0.25) is 0 Å². The van der Waals surface area contributed by atoms with Gasteiger partial charge in [-0.2, -0.15) is 4.89 Å². The predicted molar refractivity (Wildman–Crippen MR) is 105 cm³/mol. The molecule has 3 aliphatic rings. The normalized spacial score (nSPS) is 38.0. The molecule has 5 unspecified atom stereocenters. The zero-order valence-electron chi connectivity index (χ0n) is 17.8. The summed E-state index contributed by atoms with van der Waals surface area (Å²) in [6, 6.07) is 0. The molecule has 5 heteroatoms. The van der Waals surface area contributed by atoms with Crippen molar-refractivity contribution in [3.05, 3.63) is 0 Å². The molecule has 27 heavy (non-hydrogen) atoms. The summed E-state index contributed by atoms with van der Waals surface area (Å²) in [5.41, 5.74) is 0.602. The fourth-order valence-corrected chi connectivity index (χ4v) is 6.35. The maximum Gasteiger partial charge on any atom is 0.308 e. The minimum Gasteiger partial charge on any atom is -0.464 e. The van der Waals surface area contributed by atoms with Crippen LogP contribution in [0.25, 0.3) is 0 Å².